The Hall–Kier alpha value is -3.82. The first-order chi connectivity index (χ1) is 16.4. The fourth-order valence-corrected chi connectivity index (χ4v) is 4.41. The Morgan fingerprint density at radius 1 is 1.15 bits per heavy atom. The normalized spacial score (nSPS) is 19.8. The van der Waals surface area contributed by atoms with Crippen LogP contribution in [0.3, 0.4) is 0 Å². The number of aromatic nitrogens is 2. The van der Waals surface area contributed by atoms with Crippen molar-refractivity contribution in [3.05, 3.63) is 42.6 Å². The third kappa shape index (κ3) is 4.75. The number of ether oxygens (including phenoxy) is 2. The third-order valence-corrected chi connectivity index (χ3v) is 6.25. The number of urea groups is 1. The lowest BCUT2D eigenvalue weighted by Gasteiger charge is -2.35. The Morgan fingerprint density at radius 3 is 2.47 bits per heavy atom. The molecule has 1 aromatic heterocycles. The second kappa shape index (κ2) is 9.98. The van der Waals surface area contributed by atoms with Crippen molar-refractivity contribution in [2.75, 3.05) is 36.4 Å². The van der Waals surface area contributed by atoms with E-state index in [0.29, 0.717) is 35.5 Å². The number of nitrogens with one attached hydrogen (secondary N) is 2. The number of hydrogen-bond donors (Lipinski definition) is 2. The topological polar surface area (TPSA) is 109 Å². The Kier molecular flexibility index (Phi) is 6.85. The fourth-order valence-electron chi connectivity index (χ4n) is 4.41. The summed E-state index contributed by atoms with van der Waals surface area (Å²) >= 11 is 0. The molecule has 34 heavy (non-hydrogen) atoms. The molecule has 0 spiro atoms. The number of anilines is 3. The van der Waals surface area contributed by atoms with Crippen LogP contribution in [0, 0.1) is 0 Å². The van der Waals surface area contributed by atoms with E-state index in [0.717, 1.165) is 31.2 Å². The standard InChI is InChI=1S/C24H30N6O4/c1-5-21(31)26-19-8-6-7-9-20(19)27-23-25-13-15-14-30(24(32)29(2)22(15)28-23)16-10-17(33-3)12-18(11-16)34-4/h5,10-13,19-20H,1,6-9,14H2,2-4H3,(H,26,31)(H,25,27,28). The number of methoxy groups -OCH3 is 2. The van der Waals surface area contributed by atoms with Crippen molar-refractivity contribution in [2.45, 2.75) is 44.3 Å². The Morgan fingerprint density at radius 2 is 1.82 bits per heavy atom. The van der Waals surface area contributed by atoms with Gasteiger partial charge in [0.1, 0.15) is 17.3 Å². The molecular formula is C24H30N6O4. The van der Waals surface area contributed by atoms with E-state index in [9.17, 15) is 9.59 Å². The predicted molar refractivity (Wildman–Crippen MR) is 130 cm³/mol. The molecule has 4 rings (SSSR count). The maximum Gasteiger partial charge on any atom is 0.330 e. The van der Waals surface area contributed by atoms with Gasteiger partial charge in [-0.2, -0.15) is 4.98 Å². The minimum absolute atomic E-state index is 0.000968. The molecule has 1 saturated carbocycles. The van der Waals surface area contributed by atoms with Gasteiger partial charge >= 0.3 is 6.03 Å². The predicted octanol–water partition coefficient (Wildman–Crippen LogP) is 3.10. The van der Waals surface area contributed by atoms with Gasteiger partial charge in [-0.25, -0.2) is 9.78 Å². The van der Waals surface area contributed by atoms with Crippen molar-refractivity contribution in [1.29, 1.82) is 0 Å². The summed E-state index contributed by atoms with van der Waals surface area (Å²) in [6.45, 7) is 3.85. The van der Waals surface area contributed by atoms with E-state index < -0.39 is 0 Å². The maximum absolute atomic E-state index is 13.2. The first kappa shape index (κ1) is 23.3. The summed E-state index contributed by atoms with van der Waals surface area (Å²) in [6.07, 6.45) is 6.89. The van der Waals surface area contributed by atoms with Crippen LogP contribution >= 0.6 is 0 Å². The van der Waals surface area contributed by atoms with Gasteiger partial charge in [-0.3, -0.25) is 14.6 Å². The van der Waals surface area contributed by atoms with Crippen molar-refractivity contribution in [3.63, 3.8) is 0 Å². The summed E-state index contributed by atoms with van der Waals surface area (Å²) in [4.78, 5) is 37.3. The van der Waals surface area contributed by atoms with Gasteiger partial charge in [0.15, 0.2) is 0 Å². The third-order valence-electron chi connectivity index (χ3n) is 6.25. The van der Waals surface area contributed by atoms with Crippen LogP contribution in [-0.2, 0) is 11.3 Å². The number of carbonyl (C=O) groups is 2. The van der Waals surface area contributed by atoms with Crippen LogP contribution in [0.1, 0.15) is 31.2 Å². The summed E-state index contributed by atoms with van der Waals surface area (Å²) in [5, 5.41) is 6.36. The SMILES string of the molecule is C=CC(=O)NC1CCCCC1Nc1ncc2c(n1)N(C)C(=O)N(c1cc(OC)cc(OC)c1)C2. The molecule has 0 saturated heterocycles. The highest BCUT2D eigenvalue weighted by atomic mass is 16.5. The first-order valence-corrected chi connectivity index (χ1v) is 11.3. The molecule has 1 aliphatic carbocycles. The molecule has 2 atom stereocenters. The highest BCUT2D eigenvalue weighted by Gasteiger charge is 2.32. The molecule has 1 fully saturated rings. The smallest absolute Gasteiger partial charge is 0.330 e. The second-order valence-electron chi connectivity index (χ2n) is 8.40. The van der Waals surface area contributed by atoms with Gasteiger partial charge in [-0.1, -0.05) is 19.4 Å². The van der Waals surface area contributed by atoms with Crippen molar-refractivity contribution in [1.82, 2.24) is 15.3 Å². The van der Waals surface area contributed by atoms with Crippen LogP contribution in [0.5, 0.6) is 11.5 Å². The largest absolute Gasteiger partial charge is 0.497 e. The summed E-state index contributed by atoms with van der Waals surface area (Å²) in [6, 6.07) is 5.08. The molecule has 3 amide bonds. The zero-order chi connectivity index (χ0) is 24.2. The minimum atomic E-state index is -0.221. The van der Waals surface area contributed by atoms with Crippen LogP contribution in [-0.4, -0.2) is 55.3 Å². The quantitative estimate of drug-likeness (QED) is 0.604. The summed E-state index contributed by atoms with van der Waals surface area (Å²) in [5.41, 5.74) is 1.47. The minimum Gasteiger partial charge on any atom is -0.497 e. The molecule has 0 radical (unpaired) electrons. The highest BCUT2D eigenvalue weighted by Crippen LogP contribution is 2.34. The highest BCUT2D eigenvalue weighted by molar-refractivity contribution is 6.05. The van der Waals surface area contributed by atoms with E-state index in [4.69, 9.17) is 9.47 Å². The molecule has 1 aliphatic heterocycles. The zero-order valence-electron chi connectivity index (χ0n) is 19.7. The molecule has 2 aliphatic rings. The molecule has 10 heteroatoms. The van der Waals surface area contributed by atoms with Crippen LogP contribution in [0.15, 0.2) is 37.1 Å². The van der Waals surface area contributed by atoms with Gasteiger partial charge in [0.25, 0.3) is 0 Å². The summed E-state index contributed by atoms with van der Waals surface area (Å²) < 4.78 is 10.7. The van der Waals surface area contributed by atoms with Gasteiger partial charge in [-0.05, 0) is 18.9 Å². The Balaban J connectivity index is 1.56. The molecule has 2 aromatic rings. The second-order valence-corrected chi connectivity index (χ2v) is 8.40. The lowest BCUT2D eigenvalue weighted by atomic mass is 9.90. The van der Waals surface area contributed by atoms with Crippen molar-refractivity contribution >= 4 is 29.4 Å². The van der Waals surface area contributed by atoms with E-state index in [1.165, 1.54) is 11.0 Å². The lowest BCUT2D eigenvalue weighted by Crippen LogP contribution is -2.48. The molecule has 2 unspecified atom stereocenters. The van der Waals surface area contributed by atoms with Gasteiger partial charge in [-0.15, -0.1) is 0 Å². The molecule has 2 N–H and O–H groups in total. The summed E-state index contributed by atoms with van der Waals surface area (Å²) in [7, 11) is 4.83. The van der Waals surface area contributed by atoms with Gasteiger partial charge in [0.2, 0.25) is 11.9 Å². The van der Waals surface area contributed by atoms with Crippen molar-refractivity contribution in [2.24, 2.45) is 0 Å². The molecule has 1 aromatic carbocycles. The van der Waals surface area contributed by atoms with E-state index in [2.05, 4.69) is 27.2 Å². The number of fused-ring (bicyclic) bond motifs is 1. The van der Waals surface area contributed by atoms with E-state index in [-0.39, 0.29) is 24.0 Å². The van der Waals surface area contributed by atoms with Crippen LogP contribution in [0.4, 0.5) is 22.2 Å². The lowest BCUT2D eigenvalue weighted by molar-refractivity contribution is -0.117. The zero-order valence-corrected chi connectivity index (χ0v) is 19.7. The number of rotatable bonds is 7. The van der Waals surface area contributed by atoms with Crippen LogP contribution in [0.25, 0.3) is 0 Å². The molecule has 2 heterocycles. The molecule has 180 valence electrons. The fraction of sp³-hybridized carbons (Fsp3) is 0.417. The van der Waals surface area contributed by atoms with Crippen molar-refractivity contribution < 1.29 is 19.1 Å². The van der Waals surface area contributed by atoms with Gasteiger partial charge < -0.3 is 20.1 Å². The Bertz CT molecular complexity index is 1070. The van der Waals surface area contributed by atoms with E-state index in [1.807, 2.05) is 0 Å². The van der Waals surface area contributed by atoms with E-state index in [1.54, 1.807) is 50.6 Å². The number of amides is 3. The van der Waals surface area contributed by atoms with Crippen LogP contribution < -0.4 is 29.9 Å². The average Bonchev–Trinajstić information content (AvgIpc) is 2.87. The molecular weight excluding hydrogens is 436 g/mol. The summed E-state index contributed by atoms with van der Waals surface area (Å²) in [5.74, 6) is 1.98. The van der Waals surface area contributed by atoms with Crippen molar-refractivity contribution in [3.8, 4) is 11.5 Å². The van der Waals surface area contributed by atoms with E-state index >= 15 is 0 Å². The number of hydrogen-bond acceptors (Lipinski definition) is 7. The number of carbonyl (C=O) groups excluding carboxylic acids is 2. The van der Waals surface area contributed by atoms with Gasteiger partial charge in [0.05, 0.1) is 26.5 Å². The number of nitrogens with zero attached hydrogens (tertiary/aromatic N) is 4. The first-order valence-electron chi connectivity index (χ1n) is 11.3. The monoisotopic (exact) mass is 466 g/mol. The molecule has 0 bridgehead atoms. The van der Waals surface area contributed by atoms with Crippen LogP contribution in [0.2, 0.25) is 0 Å². The van der Waals surface area contributed by atoms with Gasteiger partial charge in [0, 0.05) is 49.1 Å². The average molecular weight is 467 g/mol. The Labute approximate surface area is 199 Å². The molecule has 10 nitrogen and oxygen atoms in total. The number of benzene rings is 1. The maximum atomic E-state index is 13.2.